The number of aromatic nitrogens is 2. The van der Waals surface area contributed by atoms with Crippen molar-refractivity contribution in [3.05, 3.63) is 15.0 Å². The van der Waals surface area contributed by atoms with Crippen LogP contribution < -0.4 is 0 Å². The van der Waals surface area contributed by atoms with E-state index in [1.165, 1.54) is 27.8 Å². The molecule has 0 spiro atoms. The van der Waals surface area contributed by atoms with E-state index in [0.29, 0.717) is 6.04 Å². The normalized spacial score (nSPS) is 11.3. The van der Waals surface area contributed by atoms with E-state index in [-0.39, 0.29) is 0 Å². The summed E-state index contributed by atoms with van der Waals surface area (Å²) in [7, 11) is 0. The minimum Gasteiger partial charge on any atom is -0.265 e. The van der Waals surface area contributed by atoms with E-state index in [4.69, 9.17) is 5.10 Å². The molecule has 3 heteroatoms. The quantitative estimate of drug-likeness (QED) is 0.751. The fraction of sp³-hybridized carbons (Fsp3) is 0.750. The number of nitrogens with zero attached hydrogens (tertiary/aromatic N) is 2. The van der Waals surface area contributed by atoms with Gasteiger partial charge in [0.25, 0.3) is 0 Å². The van der Waals surface area contributed by atoms with Crippen molar-refractivity contribution < 1.29 is 0 Å². The van der Waals surface area contributed by atoms with Crippen LogP contribution >= 0.6 is 22.6 Å². The Morgan fingerprint density at radius 1 is 1.13 bits per heavy atom. The Kier molecular flexibility index (Phi) is 5.09. The van der Waals surface area contributed by atoms with Crippen molar-refractivity contribution in [3.63, 3.8) is 0 Å². The van der Waals surface area contributed by atoms with Crippen LogP contribution in [0.3, 0.4) is 0 Å². The molecule has 1 heterocycles. The van der Waals surface area contributed by atoms with E-state index in [0.717, 1.165) is 12.8 Å². The molecule has 0 atom stereocenters. The summed E-state index contributed by atoms with van der Waals surface area (Å²) in [6.07, 6.45) is 4.47. The zero-order valence-corrected chi connectivity index (χ0v) is 12.3. The van der Waals surface area contributed by atoms with E-state index in [1.807, 2.05) is 0 Å². The molecule has 15 heavy (non-hydrogen) atoms. The zero-order chi connectivity index (χ0) is 11.4. The van der Waals surface area contributed by atoms with Gasteiger partial charge in [0, 0.05) is 0 Å². The van der Waals surface area contributed by atoms with Gasteiger partial charge in [-0.3, -0.25) is 4.68 Å². The third-order valence-electron chi connectivity index (χ3n) is 2.97. The maximum atomic E-state index is 4.75. The first kappa shape index (κ1) is 13.0. The summed E-state index contributed by atoms with van der Waals surface area (Å²) in [5.41, 5.74) is 2.68. The van der Waals surface area contributed by atoms with Crippen LogP contribution in [-0.4, -0.2) is 9.78 Å². The second kappa shape index (κ2) is 5.87. The molecule has 1 aromatic heterocycles. The van der Waals surface area contributed by atoms with E-state index in [2.05, 4.69) is 55.0 Å². The lowest BCUT2D eigenvalue weighted by atomic mass is 10.1. The van der Waals surface area contributed by atoms with Gasteiger partial charge in [-0.1, -0.05) is 27.7 Å². The van der Waals surface area contributed by atoms with E-state index < -0.39 is 0 Å². The van der Waals surface area contributed by atoms with Crippen molar-refractivity contribution in [2.24, 2.45) is 0 Å². The Balaban J connectivity index is 3.15. The highest BCUT2D eigenvalue weighted by Crippen LogP contribution is 2.24. The van der Waals surface area contributed by atoms with E-state index in [1.54, 1.807) is 0 Å². The standard InChI is InChI=1S/C12H21IN2/c1-5-9(6-2)15-11(8-4)12(13)10(7-3)14-15/h9H,5-8H2,1-4H3. The summed E-state index contributed by atoms with van der Waals surface area (Å²) in [5, 5.41) is 4.75. The van der Waals surface area contributed by atoms with Crippen LogP contribution in [0.25, 0.3) is 0 Å². The molecular weight excluding hydrogens is 299 g/mol. The SMILES string of the molecule is CCc1nn(C(CC)CC)c(CC)c1I. The number of halogens is 1. The van der Waals surface area contributed by atoms with Crippen LogP contribution in [-0.2, 0) is 12.8 Å². The maximum absolute atomic E-state index is 4.75. The molecule has 1 aromatic rings. The van der Waals surface area contributed by atoms with E-state index >= 15 is 0 Å². The molecule has 0 amide bonds. The Morgan fingerprint density at radius 3 is 2.13 bits per heavy atom. The predicted molar refractivity (Wildman–Crippen MR) is 73.3 cm³/mol. The van der Waals surface area contributed by atoms with Crippen LogP contribution in [0, 0.1) is 3.57 Å². The first-order valence-electron chi connectivity index (χ1n) is 5.95. The van der Waals surface area contributed by atoms with Crippen LogP contribution in [0.15, 0.2) is 0 Å². The zero-order valence-electron chi connectivity index (χ0n) is 10.2. The monoisotopic (exact) mass is 320 g/mol. The minimum absolute atomic E-state index is 0.578. The summed E-state index contributed by atoms with van der Waals surface area (Å²) < 4.78 is 3.64. The summed E-state index contributed by atoms with van der Waals surface area (Å²) in [5.74, 6) is 0. The number of hydrogen-bond donors (Lipinski definition) is 0. The highest BCUT2D eigenvalue weighted by molar-refractivity contribution is 14.1. The van der Waals surface area contributed by atoms with Crippen molar-refractivity contribution in [3.8, 4) is 0 Å². The highest BCUT2D eigenvalue weighted by atomic mass is 127. The van der Waals surface area contributed by atoms with Gasteiger partial charge in [-0.25, -0.2) is 0 Å². The number of rotatable bonds is 5. The molecular formula is C12H21IN2. The topological polar surface area (TPSA) is 17.8 Å². The summed E-state index contributed by atoms with van der Waals surface area (Å²) in [4.78, 5) is 0. The van der Waals surface area contributed by atoms with Crippen molar-refractivity contribution in [2.45, 2.75) is 59.4 Å². The van der Waals surface area contributed by atoms with Crippen molar-refractivity contribution in [1.82, 2.24) is 9.78 Å². The third kappa shape index (κ3) is 2.55. The van der Waals surface area contributed by atoms with Gasteiger partial charge in [0.1, 0.15) is 0 Å². The third-order valence-corrected chi connectivity index (χ3v) is 4.22. The largest absolute Gasteiger partial charge is 0.265 e. The lowest BCUT2D eigenvalue weighted by molar-refractivity contribution is 0.413. The first-order chi connectivity index (χ1) is 7.19. The van der Waals surface area contributed by atoms with Gasteiger partial charge in [0.15, 0.2) is 0 Å². The fourth-order valence-corrected chi connectivity index (χ4v) is 3.10. The Morgan fingerprint density at radius 2 is 1.73 bits per heavy atom. The van der Waals surface area contributed by atoms with E-state index in [9.17, 15) is 0 Å². The molecule has 0 radical (unpaired) electrons. The van der Waals surface area contributed by atoms with Gasteiger partial charge in [-0.05, 0) is 48.3 Å². The van der Waals surface area contributed by atoms with Gasteiger partial charge in [0.2, 0.25) is 0 Å². The second-order valence-electron chi connectivity index (χ2n) is 3.83. The Hall–Kier alpha value is -0.0600. The predicted octanol–water partition coefficient (Wildman–Crippen LogP) is 3.97. The molecule has 0 fully saturated rings. The molecule has 0 saturated heterocycles. The summed E-state index contributed by atoms with van der Waals surface area (Å²) in [6, 6.07) is 0.578. The molecule has 0 unspecified atom stereocenters. The molecule has 0 saturated carbocycles. The van der Waals surface area contributed by atoms with Gasteiger partial charge in [-0.15, -0.1) is 0 Å². The molecule has 0 aromatic carbocycles. The minimum atomic E-state index is 0.578. The average molecular weight is 320 g/mol. The van der Waals surface area contributed by atoms with Crippen molar-refractivity contribution >= 4 is 22.6 Å². The Bertz CT molecular complexity index is 314. The molecule has 0 bridgehead atoms. The van der Waals surface area contributed by atoms with Gasteiger partial charge >= 0.3 is 0 Å². The van der Waals surface area contributed by atoms with Crippen LogP contribution in [0.1, 0.15) is 58.0 Å². The number of hydrogen-bond acceptors (Lipinski definition) is 1. The van der Waals surface area contributed by atoms with Crippen molar-refractivity contribution in [1.29, 1.82) is 0 Å². The van der Waals surface area contributed by atoms with Gasteiger partial charge in [-0.2, -0.15) is 5.10 Å². The molecule has 0 aliphatic heterocycles. The van der Waals surface area contributed by atoms with Gasteiger partial charge < -0.3 is 0 Å². The fourth-order valence-electron chi connectivity index (χ4n) is 1.98. The lowest BCUT2D eigenvalue weighted by Crippen LogP contribution is -2.12. The average Bonchev–Trinajstić information content (AvgIpc) is 2.57. The molecule has 0 aliphatic rings. The lowest BCUT2D eigenvalue weighted by Gasteiger charge is -2.16. The maximum Gasteiger partial charge on any atom is 0.0758 e. The molecule has 2 nitrogen and oxygen atoms in total. The van der Waals surface area contributed by atoms with Crippen LogP contribution in [0.2, 0.25) is 0 Å². The highest BCUT2D eigenvalue weighted by Gasteiger charge is 2.17. The summed E-state index contributed by atoms with van der Waals surface area (Å²) in [6.45, 7) is 8.89. The number of aryl methyl sites for hydroxylation is 1. The molecule has 0 N–H and O–H groups in total. The van der Waals surface area contributed by atoms with Crippen LogP contribution in [0.5, 0.6) is 0 Å². The smallest absolute Gasteiger partial charge is 0.0758 e. The Labute approximate surface area is 107 Å². The second-order valence-corrected chi connectivity index (χ2v) is 4.91. The molecule has 1 rings (SSSR count). The first-order valence-corrected chi connectivity index (χ1v) is 7.03. The van der Waals surface area contributed by atoms with Crippen LogP contribution in [0.4, 0.5) is 0 Å². The molecule has 0 aliphatic carbocycles. The van der Waals surface area contributed by atoms with Gasteiger partial charge in [0.05, 0.1) is 21.0 Å². The van der Waals surface area contributed by atoms with Crippen molar-refractivity contribution in [2.75, 3.05) is 0 Å². The molecule has 86 valence electrons. The summed E-state index contributed by atoms with van der Waals surface area (Å²) >= 11 is 2.44.